The topological polar surface area (TPSA) is 144 Å². The molecule has 1 aliphatic carbocycles. The van der Waals surface area contributed by atoms with Crippen LogP contribution in [0.5, 0.6) is 0 Å². The summed E-state index contributed by atoms with van der Waals surface area (Å²) >= 11 is 0. The first-order chi connectivity index (χ1) is 13.4. The predicted octanol–water partition coefficient (Wildman–Crippen LogP) is -1.18. The highest BCUT2D eigenvalue weighted by Gasteiger charge is 2.37. The van der Waals surface area contributed by atoms with E-state index >= 15 is 0 Å². The molecule has 1 aliphatic rings. The number of hydrogen-bond donors (Lipinski definition) is 3. The van der Waals surface area contributed by atoms with Crippen LogP contribution >= 0.6 is 0 Å². The van der Waals surface area contributed by atoms with Crippen LogP contribution in [0.15, 0.2) is 24.4 Å². The summed E-state index contributed by atoms with van der Waals surface area (Å²) in [4.78, 5) is 34.8. The van der Waals surface area contributed by atoms with Gasteiger partial charge < -0.3 is 20.1 Å². The molecule has 3 rings (SSSR count). The normalized spacial score (nSPS) is 18.1. The molecule has 1 saturated carbocycles. The molecule has 2 aromatic rings. The fraction of sp³-hybridized carbons (Fsp3) is 0.353. The van der Waals surface area contributed by atoms with Crippen LogP contribution in [-0.2, 0) is 16.1 Å². The van der Waals surface area contributed by atoms with Gasteiger partial charge in [-0.25, -0.2) is 4.68 Å². The Kier molecular flexibility index (Phi) is 5.86. The van der Waals surface area contributed by atoms with Crippen LogP contribution in [0.3, 0.4) is 0 Å². The maximum absolute atomic E-state index is 12.3. The van der Waals surface area contributed by atoms with Crippen LogP contribution in [0.2, 0.25) is 0 Å². The van der Waals surface area contributed by atoms with Crippen molar-refractivity contribution in [2.45, 2.75) is 25.4 Å². The summed E-state index contributed by atoms with van der Waals surface area (Å²) in [6, 6.07) is 4.08. The summed E-state index contributed by atoms with van der Waals surface area (Å²) in [7, 11) is -0.429. The van der Waals surface area contributed by atoms with E-state index in [1.54, 1.807) is 10.9 Å². The lowest BCUT2D eigenvalue weighted by Gasteiger charge is -2.32. The lowest BCUT2D eigenvalue weighted by atomic mass is 9.77. The Morgan fingerprint density at radius 2 is 2.14 bits per heavy atom. The number of nitrogens with zero attached hydrogens (tertiary/aromatic N) is 3. The van der Waals surface area contributed by atoms with E-state index in [1.807, 2.05) is 0 Å². The Labute approximate surface area is 160 Å². The van der Waals surface area contributed by atoms with Gasteiger partial charge in [-0.2, -0.15) is 0 Å². The standard InChI is InChI=1S/C17H19BN4O6/c1-28-17(25)11-5-14(6-11)22-8-13(20-21-22)7-19-16(24)10-2-3-15(18(26)27)12(4-10)9-23/h2-4,8-9,11,14,26-27H,5-7H2,1H3,(H,19,24). The number of esters is 1. The quantitative estimate of drug-likeness (QED) is 0.307. The maximum Gasteiger partial charge on any atom is 0.489 e. The minimum atomic E-state index is -1.79. The van der Waals surface area contributed by atoms with E-state index < -0.39 is 13.0 Å². The molecule has 0 radical (unpaired) electrons. The summed E-state index contributed by atoms with van der Waals surface area (Å²) in [5.41, 5.74) is 0.811. The SMILES string of the molecule is COC(=O)C1CC(n2cc(CNC(=O)c3ccc(B(O)O)c(C=O)c3)nn2)C1. The van der Waals surface area contributed by atoms with Crippen molar-refractivity contribution in [2.75, 3.05) is 7.11 Å². The molecule has 3 N–H and O–H groups in total. The number of amides is 1. The van der Waals surface area contributed by atoms with Crippen molar-refractivity contribution >= 4 is 30.7 Å². The van der Waals surface area contributed by atoms with Gasteiger partial charge in [-0.15, -0.1) is 5.10 Å². The van der Waals surface area contributed by atoms with Crippen LogP contribution in [0, 0.1) is 5.92 Å². The molecule has 0 aliphatic heterocycles. The number of aldehydes is 1. The fourth-order valence-corrected chi connectivity index (χ4v) is 3.06. The first kappa shape index (κ1) is 19.7. The van der Waals surface area contributed by atoms with Crippen LogP contribution in [0.4, 0.5) is 0 Å². The van der Waals surface area contributed by atoms with Crippen molar-refractivity contribution in [2.24, 2.45) is 5.92 Å². The zero-order chi connectivity index (χ0) is 20.3. The first-order valence-corrected chi connectivity index (χ1v) is 8.65. The molecule has 0 saturated heterocycles. The lowest BCUT2D eigenvalue weighted by molar-refractivity contribution is -0.149. The molecule has 1 aromatic carbocycles. The van der Waals surface area contributed by atoms with Gasteiger partial charge in [-0.05, 0) is 30.4 Å². The second-order valence-corrected chi connectivity index (χ2v) is 6.55. The highest BCUT2D eigenvalue weighted by molar-refractivity contribution is 6.60. The molecule has 0 spiro atoms. The Morgan fingerprint density at radius 1 is 1.39 bits per heavy atom. The van der Waals surface area contributed by atoms with Crippen molar-refractivity contribution < 1.29 is 29.2 Å². The second kappa shape index (κ2) is 8.32. The van der Waals surface area contributed by atoms with Crippen LogP contribution < -0.4 is 10.8 Å². The summed E-state index contributed by atoms with van der Waals surface area (Å²) in [6.07, 6.45) is 3.44. The Morgan fingerprint density at radius 3 is 2.79 bits per heavy atom. The van der Waals surface area contributed by atoms with Gasteiger partial charge in [0, 0.05) is 11.1 Å². The van der Waals surface area contributed by atoms with Crippen LogP contribution in [0.25, 0.3) is 0 Å². The maximum atomic E-state index is 12.3. The minimum absolute atomic E-state index is 0.0266. The zero-order valence-electron chi connectivity index (χ0n) is 15.1. The number of carbonyl (C=O) groups is 3. The number of aromatic nitrogens is 3. The molecule has 10 nitrogen and oxygen atoms in total. The monoisotopic (exact) mass is 386 g/mol. The average Bonchev–Trinajstić information content (AvgIpc) is 3.12. The Balaban J connectivity index is 1.56. The predicted molar refractivity (Wildman–Crippen MR) is 96.6 cm³/mol. The average molecular weight is 386 g/mol. The second-order valence-electron chi connectivity index (χ2n) is 6.55. The minimum Gasteiger partial charge on any atom is -0.469 e. The lowest BCUT2D eigenvalue weighted by Crippen LogP contribution is -2.34. The van der Waals surface area contributed by atoms with Gasteiger partial charge >= 0.3 is 13.1 Å². The van der Waals surface area contributed by atoms with Gasteiger partial charge in [0.15, 0.2) is 0 Å². The molecule has 1 heterocycles. The third kappa shape index (κ3) is 4.10. The molecule has 1 amide bonds. The van der Waals surface area contributed by atoms with Gasteiger partial charge in [0.25, 0.3) is 5.91 Å². The van der Waals surface area contributed by atoms with Crippen LogP contribution in [0.1, 0.15) is 45.3 Å². The van der Waals surface area contributed by atoms with Crippen molar-refractivity contribution in [1.82, 2.24) is 20.3 Å². The van der Waals surface area contributed by atoms with Crippen molar-refractivity contribution in [1.29, 1.82) is 0 Å². The van der Waals surface area contributed by atoms with Gasteiger partial charge in [-0.1, -0.05) is 11.3 Å². The number of carbonyl (C=O) groups excluding carboxylic acids is 3. The highest BCUT2D eigenvalue weighted by atomic mass is 16.5. The van der Waals surface area contributed by atoms with E-state index in [0.29, 0.717) is 24.8 Å². The van der Waals surface area contributed by atoms with Crippen molar-refractivity contribution in [3.63, 3.8) is 0 Å². The molecule has 0 atom stereocenters. The number of nitrogens with one attached hydrogen (secondary N) is 1. The van der Waals surface area contributed by atoms with E-state index in [2.05, 4.69) is 15.6 Å². The van der Waals surface area contributed by atoms with Crippen LogP contribution in [-0.4, -0.2) is 57.4 Å². The van der Waals surface area contributed by atoms with E-state index in [9.17, 15) is 24.4 Å². The van der Waals surface area contributed by atoms with Gasteiger partial charge in [-0.3, -0.25) is 14.4 Å². The molecule has 146 valence electrons. The number of rotatable bonds is 7. The van der Waals surface area contributed by atoms with E-state index in [0.717, 1.165) is 0 Å². The van der Waals surface area contributed by atoms with E-state index in [-0.39, 0.29) is 41.1 Å². The summed E-state index contributed by atoms with van der Waals surface area (Å²) < 4.78 is 6.38. The molecule has 1 aromatic heterocycles. The number of benzene rings is 1. The molecule has 1 fully saturated rings. The third-order valence-electron chi connectivity index (χ3n) is 4.76. The Hall–Kier alpha value is -3.05. The van der Waals surface area contributed by atoms with Gasteiger partial charge in [0.1, 0.15) is 12.0 Å². The zero-order valence-corrected chi connectivity index (χ0v) is 15.1. The highest BCUT2D eigenvalue weighted by Crippen LogP contribution is 2.37. The fourth-order valence-electron chi connectivity index (χ4n) is 3.06. The summed E-state index contributed by atoms with van der Waals surface area (Å²) in [5, 5.41) is 29.1. The van der Waals surface area contributed by atoms with Crippen molar-refractivity contribution in [3.05, 3.63) is 41.2 Å². The largest absolute Gasteiger partial charge is 0.489 e. The molecular formula is C17H19BN4O6. The molecule has 0 unspecified atom stereocenters. The third-order valence-corrected chi connectivity index (χ3v) is 4.76. The first-order valence-electron chi connectivity index (χ1n) is 8.65. The summed E-state index contributed by atoms with van der Waals surface area (Å²) in [5.74, 6) is -0.779. The number of methoxy groups -OCH3 is 1. The smallest absolute Gasteiger partial charge is 0.469 e. The van der Waals surface area contributed by atoms with E-state index in [4.69, 9.17) is 4.74 Å². The van der Waals surface area contributed by atoms with Gasteiger partial charge in [0.05, 0.1) is 31.8 Å². The molecule has 0 bridgehead atoms. The summed E-state index contributed by atoms with van der Waals surface area (Å²) in [6.45, 7) is 0.132. The molecule has 11 heteroatoms. The van der Waals surface area contributed by atoms with Gasteiger partial charge in [0.2, 0.25) is 0 Å². The molecular weight excluding hydrogens is 367 g/mol. The van der Waals surface area contributed by atoms with Crippen molar-refractivity contribution in [3.8, 4) is 0 Å². The Bertz CT molecular complexity index is 894. The number of hydrogen-bond acceptors (Lipinski definition) is 8. The van der Waals surface area contributed by atoms with E-state index in [1.165, 1.54) is 25.3 Å². The number of ether oxygens (including phenoxy) is 1. The molecule has 28 heavy (non-hydrogen) atoms.